The Labute approximate surface area is 171 Å². The van der Waals surface area contributed by atoms with E-state index < -0.39 is 47.4 Å². The van der Waals surface area contributed by atoms with Crippen LogP contribution in [0.15, 0.2) is 24.8 Å². The van der Waals surface area contributed by atoms with Crippen LogP contribution in [0.1, 0.15) is 20.1 Å². The lowest BCUT2D eigenvalue weighted by molar-refractivity contribution is -0.115. The maximum Gasteiger partial charge on any atom is 0.362 e. The summed E-state index contributed by atoms with van der Waals surface area (Å²) in [4.78, 5) is 23.5. The summed E-state index contributed by atoms with van der Waals surface area (Å²) in [5, 5.41) is 20.6. The van der Waals surface area contributed by atoms with Gasteiger partial charge in [0.15, 0.2) is 17.7 Å². The van der Waals surface area contributed by atoms with E-state index in [1.165, 1.54) is 23.3 Å². The van der Waals surface area contributed by atoms with Gasteiger partial charge >= 0.3 is 10.3 Å². The third kappa shape index (κ3) is 4.73. The lowest BCUT2D eigenvalue weighted by atomic mass is 10.1. The van der Waals surface area contributed by atoms with Crippen molar-refractivity contribution >= 4 is 33.2 Å². The molecule has 13 nitrogen and oxygen atoms in total. The number of anilines is 1. The fourth-order valence-electron chi connectivity index (χ4n) is 2.78. The molecule has 4 atom stereocenters. The molecule has 1 saturated heterocycles. The molecule has 0 unspecified atom stereocenters. The van der Waals surface area contributed by atoms with Gasteiger partial charge in [0.1, 0.15) is 30.2 Å². The van der Waals surface area contributed by atoms with Gasteiger partial charge in [-0.25, -0.2) is 19.7 Å². The highest BCUT2D eigenvalue weighted by molar-refractivity contribution is 7.85. The van der Waals surface area contributed by atoms with Gasteiger partial charge in [0.2, 0.25) is 0 Å². The van der Waals surface area contributed by atoms with Crippen LogP contribution in [0.25, 0.3) is 11.2 Å². The number of hydrogen-bond acceptors (Lipinski definition) is 11. The summed E-state index contributed by atoms with van der Waals surface area (Å²) < 4.78 is 37.2. The number of carbonyl (C=O) groups is 1. The highest BCUT2D eigenvalue weighted by Crippen LogP contribution is 2.32. The number of allylic oxidation sites excluding steroid dienone is 1. The molecular weight excluding hydrogens is 420 g/mol. The van der Waals surface area contributed by atoms with Gasteiger partial charge in [0.25, 0.3) is 5.91 Å². The maximum absolute atomic E-state index is 11.9. The molecule has 0 saturated carbocycles. The van der Waals surface area contributed by atoms with Crippen molar-refractivity contribution in [1.29, 1.82) is 0 Å². The average Bonchev–Trinajstić information content (AvgIpc) is 3.21. The minimum absolute atomic E-state index is 0.0553. The number of aromatic nitrogens is 4. The number of carbonyl (C=O) groups excluding carboxylic acids is 1. The number of rotatable bonds is 7. The number of nitrogens with one attached hydrogen (secondary N) is 1. The summed E-state index contributed by atoms with van der Waals surface area (Å²) in [5.74, 6) is -0.698. The first kappa shape index (κ1) is 22.0. The zero-order valence-corrected chi connectivity index (χ0v) is 16.9. The van der Waals surface area contributed by atoms with Crippen molar-refractivity contribution in [2.45, 2.75) is 38.4 Å². The summed E-state index contributed by atoms with van der Waals surface area (Å²) in [7, 11) is -4.45. The quantitative estimate of drug-likeness (QED) is 0.369. The number of nitrogen functional groups attached to an aromatic ring is 1. The molecule has 2 aromatic heterocycles. The van der Waals surface area contributed by atoms with Gasteiger partial charge in [0, 0.05) is 6.08 Å². The number of nitrogens with zero attached hydrogens (tertiary/aromatic N) is 4. The van der Waals surface area contributed by atoms with E-state index in [9.17, 15) is 23.4 Å². The van der Waals surface area contributed by atoms with E-state index in [1.807, 2.05) is 13.8 Å². The van der Waals surface area contributed by atoms with Crippen LogP contribution in [-0.4, -0.2) is 69.0 Å². The number of hydrogen-bond donors (Lipinski definition) is 4. The number of amides is 1. The van der Waals surface area contributed by atoms with Gasteiger partial charge < -0.3 is 20.7 Å². The Morgan fingerprint density at radius 3 is 2.80 bits per heavy atom. The minimum Gasteiger partial charge on any atom is -0.387 e. The first-order chi connectivity index (χ1) is 14.1. The Morgan fingerprint density at radius 1 is 1.37 bits per heavy atom. The first-order valence-corrected chi connectivity index (χ1v) is 10.3. The number of aliphatic hydroxyl groups excluding tert-OH is 2. The van der Waals surface area contributed by atoms with E-state index in [1.54, 1.807) is 4.72 Å². The molecule has 0 bridgehead atoms. The summed E-state index contributed by atoms with van der Waals surface area (Å²) >= 11 is 0. The minimum atomic E-state index is -4.45. The summed E-state index contributed by atoms with van der Waals surface area (Å²) in [6.07, 6.45) is -0.143. The molecule has 3 rings (SSSR count). The predicted octanol–water partition coefficient (Wildman–Crippen LogP) is -1.38. The summed E-state index contributed by atoms with van der Waals surface area (Å²) in [5.41, 5.74) is 6.27. The Morgan fingerprint density at radius 2 is 2.10 bits per heavy atom. The SMILES string of the molecule is CC(C)/C=C/C(=O)NS(=O)(=O)OC[C@H]1O[C@@H](n2cnc3c(N)ncnc32)[C@H](O)[C@@H]1O. The van der Waals surface area contributed by atoms with E-state index in [4.69, 9.17) is 14.7 Å². The topological polar surface area (TPSA) is 192 Å². The van der Waals surface area contributed by atoms with Crippen LogP contribution >= 0.6 is 0 Å². The van der Waals surface area contributed by atoms with Crippen molar-refractivity contribution in [2.75, 3.05) is 12.3 Å². The molecule has 14 heteroatoms. The molecule has 3 heterocycles. The third-order valence-electron chi connectivity index (χ3n) is 4.24. The van der Waals surface area contributed by atoms with Gasteiger partial charge in [-0.3, -0.25) is 13.5 Å². The number of aliphatic hydroxyl groups is 2. The molecule has 0 radical (unpaired) electrons. The van der Waals surface area contributed by atoms with Crippen LogP contribution in [0.3, 0.4) is 0 Å². The van der Waals surface area contributed by atoms with E-state index >= 15 is 0 Å². The van der Waals surface area contributed by atoms with E-state index in [0.717, 1.165) is 6.08 Å². The maximum atomic E-state index is 11.9. The molecule has 30 heavy (non-hydrogen) atoms. The number of nitrogens with two attached hydrogens (primary N) is 1. The molecule has 1 amide bonds. The zero-order chi connectivity index (χ0) is 22.1. The van der Waals surface area contributed by atoms with E-state index in [2.05, 4.69) is 15.0 Å². The normalized spacial score (nSPS) is 24.8. The standard InChI is InChI=1S/C16H22N6O7S/c1-8(2)3-4-10(23)21-30(26,27)28-5-9-12(24)13(25)16(29-9)22-7-20-11-14(17)18-6-19-15(11)22/h3-4,6-9,12-13,16,24-25H,5H2,1-2H3,(H,21,23)(H2,17,18,19)/b4-3+/t9-,12-,13-,16-/m1/s1. The smallest absolute Gasteiger partial charge is 0.362 e. The second kappa shape index (κ2) is 8.61. The zero-order valence-electron chi connectivity index (χ0n) is 16.1. The molecular formula is C16H22N6O7S. The van der Waals surface area contributed by atoms with Crippen molar-refractivity contribution in [3.8, 4) is 0 Å². The molecule has 5 N–H and O–H groups in total. The first-order valence-electron chi connectivity index (χ1n) is 8.93. The van der Waals surface area contributed by atoms with E-state index in [0.29, 0.717) is 0 Å². The average molecular weight is 442 g/mol. The van der Waals surface area contributed by atoms with Crippen LogP contribution in [0.2, 0.25) is 0 Å². The second-order valence-corrected chi connectivity index (χ2v) is 8.29. The van der Waals surface area contributed by atoms with Crippen molar-refractivity contribution in [2.24, 2.45) is 5.92 Å². The van der Waals surface area contributed by atoms with Crippen molar-refractivity contribution in [3.05, 3.63) is 24.8 Å². The molecule has 1 aliphatic rings. The van der Waals surface area contributed by atoms with Gasteiger partial charge in [-0.2, -0.15) is 8.42 Å². The Hall–Kier alpha value is -2.65. The largest absolute Gasteiger partial charge is 0.387 e. The lowest BCUT2D eigenvalue weighted by Crippen LogP contribution is -2.37. The molecule has 0 spiro atoms. The second-order valence-electron chi connectivity index (χ2n) is 6.94. The van der Waals surface area contributed by atoms with Gasteiger partial charge in [0.05, 0.1) is 12.9 Å². The number of ether oxygens (including phenoxy) is 1. The molecule has 2 aromatic rings. The fraction of sp³-hybridized carbons (Fsp3) is 0.500. The van der Waals surface area contributed by atoms with Crippen LogP contribution in [-0.2, 0) is 24.0 Å². The summed E-state index contributed by atoms with van der Waals surface area (Å²) in [6, 6.07) is 0. The highest BCUT2D eigenvalue weighted by Gasteiger charge is 2.45. The number of fused-ring (bicyclic) bond motifs is 1. The van der Waals surface area contributed by atoms with E-state index in [-0.39, 0.29) is 22.9 Å². The molecule has 164 valence electrons. The predicted molar refractivity (Wildman–Crippen MR) is 103 cm³/mol. The Bertz CT molecular complexity index is 1050. The molecule has 0 aliphatic carbocycles. The molecule has 1 fully saturated rings. The van der Waals surface area contributed by atoms with Gasteiger partial charge in [-0.05, 0) is 5.92 Å². The van der Waals surface area contributed by atoms with Crippen molar-refractivity contribution in [1.82, 2.24) is 24.2 Å². The van der Waals surface area contributed by atoms with Crippen LogP contribution in [0.5, 0.6) is 0 Å². The third-order valence-corrected chi connectivity index (χ3v) is 5.14. The lowest BCUT2D eigenvalue weighted by Gasteiger charge is -2.16. The van der Waals surface area contributed by atoms with Gasteiger partial charge in [-0.15, -0.1) is 0 Å². The van der Waals surface area contributed by atoms with Crippen LogP contribution in [0, 0.1) is 5.92 Å². The van der Waals surface area contributed by atoms with Crippen LogP contribution < -0.4 is 10.5 Å². The highest BCUT2D eigenvalue weighted by atomic mass is 32.2. The Balaban J connectivity index is 1.67. The Kier molecular flexibility index (Phi) is 6.33. The monoisotopic (exact) mass is 442 g/mol. The molecule has 1 aliphatic heterocycles. The molecule has 0 aromatic carbocycles. The van der Waals surface area contributed by atoms with Crippen molar-refractivity contribution in [3.63, 3.8) is 0 Å². The van der Waals surface area contributed by atoms with Crippen LogP contribution in [0.4, 0.5) is 5.82 Å². The number of imidazole rings is 1. The van der Waals surface area contributed by atoms with Gasteiger partial charge in [-0.1, -0.05) is 19.9 Å². The summed E-state index contributed by atoms with van der Waals surface area (Å²) in [6.45, 7) is 2.99. The van der Waals surface area contributed by atoms with Crippen molar-refractivity contribution < 1.29 is 32.3 Å². The fourth-order valence-corrected chi connectivity index (χ4v) is 3.46.